The summed E-state index contributed by atoms with van der Waals surface area (Å²) in [7, 11) is 0. The first-order chi connectivity index (χ1) is 17.5. The van der Waals surface area contributed by atoms with E-state index in [4.69, 9.17) is 11.2 Å². The van der Waals surface area contributed by atoms with Crippen LogP contribution in [-0.4, -0.2) is 141 Å². The van der Waals surface area contributed by atoms with E-state index in [1.165, 1.54) is 4.90 Å². The third-order valence-electron chi connectivity index (χ3n) is 5.77. The van der Waals surface area contributed by atoms with Crippen molar-refractivity contribution in [3.8, 4) is 12.3 Å². The van der Waals surface area contributed by atoms with E-state index >= 15 is 0 Å². The van der Waals surface area contributed by atoms with Crippen molar-refractivity contribution < 1.29 is 84.0 Å². The second-order valence-corrected chi connectivity index (χ2v) is 8.55. The Bertz CT molecular complexity index is 807. The molecule has 1 saturated heterocycles. The first kappa shape index (κ1) is 36.1. The average Bonchev–Trinajstić information content (AvgIpc) is 2.81. The molecular weight excluding hydrogens is 648 g/mol. The Morgan fingerprint density at radius 3 is 1.58 bits per heavy atom. The van der Waals surface area contributed by atoms with Gasteiger partial charge in [0.05, 0.1) is 23.9 Å². The molecule has 0 aliphatic carbocycles. The molecule has 0 aromatic carbocycles. The van der Waals surface area contributed by atoms with Crippen molar-refractivity contribution in [1.29, 1.82) is 0 Å². The summed E-state index contributed by atoms with van der Waals surface area (Å²) in [6.07, 6.45) is 5.35. The molecule has 1 fully saturated rings. The monoisotopic (exact) mass is 682 g/mol. The third-order valence-corrected chi connectivity index (χ3v) is 5.77. The Kier molecular flexibility index (Phi) is 19.0. The van der Waals surface area contributed by atoms with Crippen LogP contribution in [0.3, 0.4) is 0 Å². The fourth-order valence-electron chi connectivity index (χ4n) is 3.71. The van der Waals surface area contributed by atoms with E-state index in [1.54, 1.807) is 21.6 Å². The van der Waals surface area contributed by atoms with Crippen LogP contribution in [0, 0.1) is 52.3 Å². The SMILES string of the molecule is C#CCCOC(=O)CNC(=O)C(C)N1CCN(CC(=O)[O-])CCN(CC(=O)[O-])CCN(CC(=O)[O-])CC1.[Gd+3]. The van der Waals surface area contributed by atoms with E-state index in [9.17, 15) is 39.3 Å². The second kappa shape index (κ2) is 20.0. The van der Waals surface area contributed by atoms with Crippen molar-refractivity contribution in [2.24, 2.45) is 0 Å². The number of hydrogen-bond acceptors (Lipinski definition) is 13. The van der Waals surface area contributed by atoms with Gasteiger partial charge in [0, 0.05) is 78.4 Å². The van der Waals surface area contributed by atoms with Gasteiger partial charge in [-0.05, 0) is 6.92 Å². The zero-order valence-corrected chi connectivity index (χ0v) is 23.6. The molecule has 1 amide bonds. The molecular formula is C23H34GdN5O9. The summed E-state index contributed by atoms with van der Waals surface area (Å²) >= 11 is 0. The number of carboxylic acid groups (broad SMARTS) is 3. The molecule has 1 N–H and O–H groups in total. The van der Waals surface area contributed by atoms with E-state index < -0.39 is 55.5 Å². The van der Waals surface area contributed by atoms with E-state index in [0.29, 0.717) is 0 Å². The van der Waals surface area contributed by atoms with Gasteiger partial charge in [-0.3, -0.25) is 29.2 Å². The summed E-state index contributed by atoms with van der Waals surface area (Å²) in [5, 5.41) is 36.1. The van der Waals surface area contributed by atoms with Crippen LogP contribution in [0.15, 0.2) is 0 Å². The zero-order valence-electron chi connectivity index (χ0n) is 21.4. The molecule has 213 valence electrons. The third kappa shape index (κ3) is 16.1. The van der Waals surface area contributed by atoms with Crippen molar-refractivity contribution in [3.05, 3.63) is 0 Å². The van der Waals surface area contributed by atoms with Crippen LogP contribution in [-0.2, 0) is 28.7 Å². The number of carbonyl (C=O) groups excluding carboxylic acids is 5. The van der Waals surface area contributed by atoms with E-state index in [0.717, 1.165) is 0 Å². The minimum atomic E-state index is -1.31. The van der Waals surface area contributed by atoms with Gasteiger partial charge in [-0.25, -0.2) is 0 Å². The number of nitrogens with zero attached hydrogens (tertiary/aromatic N) is 4. The van der Waals surface area contributed by atoms with Gasteiger partial charge in [0.1, 0.15) is 13.2 Å². The Morgan fingerprint density at radius 1 is 0.816 bits per heavy atom. The summed E-state index contributed by atoms with van der Waals surface area (Å²) in [5.41, 5.74) is 0. The molecule has 14 nitrogen and oxygen atoms in total. The van der Waals surface area contributed by atoms with Gasteiger partial charge >= 0.3 is 45.9 Å². The summed E-state index contributed by atoms with van der Waals surface area (Å²) in [6.45, 7) is 1.75. The molecule has 0 aromatic rings. The van der Waals surface area contributed by atoms with Crippen molar-refractivity contribution in [1.82, 2.24) is 24.9 Å². The molecule has 0 saturated carbocycles. The van der Waals surface area contributed by atoms with Gasteiger partial charge in [-0.2, -0.15) is 0 Å². The maximum Gasteiger partial charge on any atom is 3.00 e. The summed E-state index contributed by atoms with van der Waals surface area (Å²) in [5.74, 6) is -2.71. The predicted molar refractivity (Wildman–Crippen MR) is 123 cm³/mol. The van der Waals surface area contributed by atoms with Gasteiger partial charge in [0.25, 0.3) is 0 Å². The molecule has 38 heavy (non-hydrogen) atoms. The Morgan fingerprint density at radius 2 is 1.21 bits per heavy atom. The van der Waals surface area contributed by atoms with Crippen LogP contribution in [0.25, 0.3) is 0 Å². The molecule has 0 aromatic heterocycles. The molecule has 1 aliphatic heterocycles. The van der Waals surface area contributed by atoms with Gasteiger partial charge in [-0.15, -0.1) is 12.3 Å². The quantitative estimate of drug-likeness (QED) is 0.116. The minimum absolute atomic E-state index is 0. The van der Waals surface area contributed by atoms with Gasteiger partial charge < -0.3 is 39.8 Å². The average molecular weight is 682 g/mol. The topological polar surface area (TPSA) is 189 Å². The minimum Gasteiger partial charge on any atom is -0.549 e. The Balaban J connectivity index is 0.0000137. The summed E-state index contributed by atoms with van der Waals surface area (Å²) < 4.78 is 4.89. The first-order valence-corrected chi connectivity index (χ1v) is 11.9. The molecule has 0 bridgehead atoms. The molecule has 1 aliphatic rings. The first-order valence-electron chi connectivity index (χ1n) is 11.9. The number of amides is 1. The van der Waals surface area contributed by atoms with Crippen LogP contribution in [0.4, 0.5) is 0 Å². The largest absolute Gasteiger partial charge is 3.00 e. The molecule has 1 radical (unpaired) electrons. The standard InChI is InChI=1S/C23H37N5O9.Gd/c1-3-4-13-37-22(35)14-24-23(36)18(2)28-11-9-26(16-20(31)32)7-5-25(15-19(29)30)6-8-27(10-12-28)17-21(33)34;/h1,18H,4-17H2,2H3,(H,24,36)(H,29,30)(H,31,32)(H,33,34);/q;+3/p-3. The summed E-state index contributed by atoms with van der Waals surface area (Å²) in [4.78, 5) is 64.5. The fourth-order valence-corrected chi connectivity index (χ4v) is 3.71. The van der Waals surface area contributed by atoms with Gasteiger partial charge in [-0.1, -0.05) is 0 Å². The molecule has 1 rings (SSSR count). The van der Waals surface area contributed by atoms with Crippen molar-refractivity contribution >= 4 is 29.8 Å². The van der Waals surface area contributed by atoms with Crippen LogP contribution in [0.5, 0.6) is 0 Å². The van der Waals surface area contributed by atoms with E-state index in [2.05, 4.69) is 11.2 Å². The molecule has 1 unspecified atom stereocenters. The normalized spacial score (nSPS) is 17.5. The number of terminal acetylenes is 1. The van der Waals surface area contributed by atoms with Crippen molar-refractivity contribution in [2.45, 2.75) is 19.4 Å². The number of carbonyl (C=O) groups is 5. The summed E-state index contributed by atoms with van der Waals surface area (Å²) in [6, 6.07) is -0.745. The maximum atomic E-state index is 12.7. The van der Waals surface area contributed by atoms with E-state index in [1.807, 2.05) is 0 Å². The zero-order chi connectivity index (χ0) is 27.8. The maximum absolute atomic E-state index is 12.7. The predicted octanol–water partition coefficient (Wildman–Crippen LogP) is -6.47. The second-order valence-electron chi connectivity index (χ2n) is 8.55. The van der Waals surface area contributed by atoms with Gasteiger partial charge in [0.2, 0.25) is 5.91 Å². The van der Waals surface area contributed by atoms with Crippen molar-refractivity contribution in [3.63, 3.8) is 0 Å². The number of ether oxygens (including phenoxy) is 1. The number of esters is 1. The van der Waals surface area contributed by atoms with Crippen LogP contribution >= 0.6 is 0 Å². The molecule has 1 atom stereocenters. The van der Waals surface area contributed by atoms with Crippen molar-refractivity contribution in [2.75, 3.05) is 85.1 Å². The number of carboxylic acids is 3. The van der Waals surface area contributed by atoms with Crippen LogP contribution < -0.4 is 20.6 Å². The van der Waals surface area contributed by atoms with Crippen LogP contribution in [0.1, 0.15) is 13.3 Å². The molecule has 0 spiro atoms. The molecule has 1 heterocycles. The van der Waals surface area contributed by atoms with Gasteiger partial charge in [0.15, 0.2) is 0 Å². The number of hydrogen-bond donors (Lipinski definition) is 1. The van der Waals surface area contributed by atoms with E-state index in [-0.39, 0.29) is 112 Å². The Labute approximate surface area is 254 Å². The molecule has 15 heteroatoms. The Hall–Kier alpha value is -1.93. The van der Waals surface area contributed by atoms with Crippen LogP contribution in [0.2, 0.25) is 0 Å². The number of rotatable bonds is 12. The smallest absolute Gasteiger partial charge is 0.549 e. The number of nitrogens with one attached hydrogen (secondary N) is 1. The number of aliphatic carboxylic acids is 3. The fraction of sp³-hybridized carbons (Fsp3) is 0.696.